The van der Waals surface area contributed by atoms with Gasteiger partial charge in [-0.15, -0.1) is 11.3 Å². The summed E-state index contributed by atoms with van der Waals surface area (Å²) < 4.78 is 50.7. The van der Waals surface area contributed by atoms with E-state index in [1.807, 2.05) is 0 Å². The molecule has 0 aliphatic carbocycles. The summed E-state index contributed by atoms with van der Waals surface area (Å²) in [4.78, 5) is 12.7. The predicted molar refractivity (Wildman–Crippen MR) is 102 cm³/mol. The van der Waals surface area contributed by atoms with E-state index in [0.717, 1.165) is 17.6 Å². The molecule has 1 heterocycles. The van der Waals surface area contributed by atoms with E-state index >= 15 is 0 Å². The molecule has 27 heavy (non-hydrogen) atoms. The topological polar surface area (TPSA) is 133 Å². The van der Waals surface area contributed by atoms with Crippen LogP contribution in [0.3, 0.4) is 0 Å². The lowest BCUT2D eigenvalue weighted by molar-refractivity contribution is -0.121. The summed E-state index contributed by atoms with van der Waals surface area (Å²) in [7, 11) is -6.96. The number of hydrogen-bond donors (Lipinski definition) is 2. The Balaban J connectivity index is 1.69. The fourth-order valence-corrected chi connectivity index (χ4v) is 4.43. The molecular weight excluding hydrogens is 412 g/mol. The molecule has 3 N–H and O–H groups in total. The number of carbonyl (C=O) groups is 1. The number of nitrogens with two attached hydrogens (primary N) is 1. The molecule has 0 aliphatic rings. The molecule has 0 bridgehead atoms. The number of hydrogen-bond acceptors (Lipinski definition) is 7. The summed E-state index contributed by atoms with van der Waals surface area (Å²) in [6, 6.07) is 9.08. The van der Waals surface area contributed by atoms with Crippen LogP contribution < -0.4 is 15.2 Å². The Hall–Kier alpha value is -1.95. The van der Waals surface area contributed by atoms with Crippen molar-refractivity contribution >= 4 is 37.1 Å². The monoisotopic (exact) mass is 432 g/mol. The second kappa shape index (κ2) is 8.83. The minimum atomic E-state index is -3.72. The van der Waals surface area contributed by atoms with Crippen LogP contribution in [0.4, 0.5) is 0 Å². The Bertz CT molecular complexity index is 995. The highest BCUT2D eigenvalue weighted by Crippen LogP contribution is 2.20. The Morgan fingerprint density at radius 1 is 1.11 bits per heavy atom. The van der Waals surface area contributed by atoms with Gasteiger partial charge in [-0.25, -0.2) is 22.0 Å². The van der Waals surface area contributed by atoms with Crippen molar-refractivity contribution < 1.29 is 26.4 Å². The molecule has 0 aliphatic heterocycles. The highest BCUT2D eigenvalue weighted by Gasteiger charge is 2.11. The summed E-state index contributed by atoms with van der Waals surface area (Å²) in [5, 5.41) is 7.74. The molecule has 0 unspecified atom stereocenters. The SMILES string of the molecule is CS(=O)(=O)c1ccc(OCCCC(=O)NCc2ccc(S(N)(=O)=O)s2)cc1. The molecule has 11 heteroatoms. The van der Waals surface area contributed by atoms with Gasteiger partial charge < -0.3 is 10.1 Å². The molecule has 0 atom stereocenters. The predicted octanol–water partition coefficient (Wildman–Crippen LogP) is 1.27. The second-order valence-corrected chi connectivity index (χ2v) is 10.7. The zero-order valence-electron chi connectivity index (χ0n) is 14.5. The number of thiophene rings is 1. The molecule has 2 aromatic rings. The first-order valence-electron chi connectivity index (χ1n) is 7.87. The number of ether oxygens (including phenoxy) is 1. The maximum Gasteiger partial charge on any atom is 0.247 e. The third-order valence-corrected chi connectivity index (χ3v) is 7.10. The van der Waals surface area contributed by atoms with Crippen molar-refractivity contribution in [3.8, 4) is 5.75 Å². The molecule has 8 nitrogen and oxygen atoms in total. The van der Waals surface area contributed by atoms with Crippen LogP contribution in [-0.2, 0) is 31.2 Å². The molecule has 148 valence electrons. The molecule has 0 radical (unpaired) electrons. The lowest BCUT2D eigenvalue weighted by Crippen LogP contribution is -2.22. The summed E-state index contributed by atoms with van der Waals surface area (Å²) >= 11 is 1.02. The second-order valence-electron chi connectivity index (χ2n) is 5.74. The average molecular weight is 433 g/mol. The Morgan fingerprint density at radius 3 is 2.33 bits per heavy atom. The molecule has 1 aromatic heterocycles. The fourth-order valence-electron chi connectivity index (χ4n) is 2.09. The molecular formula is C16H20N2O6S3. The van der Waals surface area contributed by atoms with Crippen LogP contribution in [0, 0.1) is 0 Å². The summed E-state index contributed by atoms with van der Waals surface area (Å²) in [6.07, 6.45) is 1.86. The van der Waals surface area contributed by atoms with Crippen molar-refractivity contribution in [2.45, 2.75) is 28.5 Å². The van der Waals surface area contributed by atoms with Gasteiger partial charge in [0, 0.05) is 17.6 Å². The quantitative estimate of drug-likeness (QED) is 0.574. The van der Waals surface area contributed by atoms with Crippen molar-refractivity contribution in [2.24, 2.45) is 5.14 Å². The number of sulfonamides is 1. The highest BCUT2D eigenvalue weighted by atomic mass is 32.2. The van der Waals surface area contributed by atoms with Crippen molar-refractivity contribution in [1.29, 1.82) is 0 Å². The molecule has 2 rings (SSSR count). The molecule has 0 fully saturated rings. The molecule has 0 saturated heterocycles. The van der Waals surface area contributed by atoms with E-state index in [1.54, 1.807) is 18.2 Å². The number of rotatable bonds is 9. The van der Waals surface area contributed by atoms with Crippen molar-refractivity contribution in [1.82, 2.24) is 5.32 Å². The molecule has 0 spiro atoms. The van der Waals surface area contributed by atoms with Gasteiger partial charge in [-0.3, -0.25) is 4.79 Å². The maximum atomic E-state index is 11.8. The Labute approximate surface area is 162 Å². The van der Waals surface area contributed by atoms with E-state index in [4.69, 9.17) is 9.88 Å². The first kappa shape index (κ1) is 21.4. The number of primary sulfonamides is 1. The van der Waals surface area contributed by atoms with Crippen LogP contribution in [0.15, 0.2) is 45.5 Å². The van der Waals surface area contributed by atoms with Crippen LogP contribution in [-0.4, -0.2) is 35.6 Å². The van der Waals surface area contributed by atoms with Gasteiger partial charge in [0.25, 0.3) is 0 Å². The summed E-state index contributed by atoms with van der Waals surface area (Å²) in [6.45, 7) is 0.535. The summed E-state index contributed by atoms with van der Waals surface area (Å²) in [5.74, 6) is 0.341. The van der Waals surface area contributed by atoms with Gasteiger partial charge in [0.2, 0.25) is 15.9 Å². The van der Waals surface area contributed by atoms with Crippen LogP contribution in [0.2, 0.25) is 0 Å². The van der Waals surface area contributed by atoms with Crippen molar-refractivity contribution in [2.75, 3.05) is 12.9 Å². The van der Waals surface area contributed by atoms with Gasteiger partial charge in [0.15, 0.2) is 9.84 Å². The molecule has 1 amide bonds. The van der Waals surface area contributed by atoms with Gasteiger partial charge in [-0.1, -0.05) is 0 Å². The lowest BCUT2D eigenvalue weighted by Gasteiger charge is -2.07. The van der Waals surface area contributed by atoms with Crippen LogP contribution in [0.5, 0.6) is 5.75 Å². The fraction of sp³-hybridized carbons (Fsp3) is 0.312. The van der Waals surface area contributed by atoms with E-state index in [1.165, 1.54) is 18.2 Å². The van der Waals surface area contributed by atoms with Crippen LogP contribution in [0.25, 0.3) is 0 Å². The molecule has 0 saturated carbocycles. The Morgan fingerprint density at radius 2 is 1.78 bits per heavy atom. The largest absolute Gasteiger partial charge is 0.494 e. The Kier molecular flexibility index (Phi) is 6.98. The van der Waals surface area contributed by atoms with Gasteiger partial charge in [0.1, 0.15) is 9.96 Å². The maximum absolute atomic E-state index is 11.8. The zero-order chi connectivity index (χ0) is 20.1. The minimum Gasteiger partial charge on any atom is -0.494 e. The number of amides is 1. The first-order chi connectivity index (χ1) is 12.6. The number of sulfone groups is 1. The smallest absolute Gasteiger partial charge is 0.247 e. The highest BCUT2D eigenvalue weighted by molar-refractivity contribution is 7.91. The van der Waals surface area contributed by atoms with Gasteiger partial charge in [-0.05, 0) is 42.8 Å². The first-order valence-corrected chi connectivity index (χ1v) is 12.1. The lowest BCUT2D eigenvalue weighted by atomic mass is 10.3. The normalized spacial score (nSPS) is 11.9. The van der Waals surface area contributed by atoms with Crippen molar-refractivity contribution in [3.63, 3.8) is 0 Å². The standard InChI is InChI=1S/C16H20N2O6S3/c1-26(20,21)14-7-4-12(5-8-14)24-10-2-3-15(19)18-11-13-6-9-16(25-13)27(17,22)23/h4-9H,2-3,10-11H2,1H3,(H,18,19)(H2,17,22,23). The average Bonchev–Trinajstić information content (AvgIpc) is 3.06. The van der Waals surface area contributed by atoms with Gasteiger partial charge in [-0.2, -0.15) is 0 Å². The van der Waals surface area contributed by atoms with E-state index < -0.39 is 19.9 Å². The zero-order valence-corrected chi connectivity index (χ0v) is 17.0. The van der Waals surface area contributed by atoms with E-state index in [2.05, 4.69) is 5.32 Å². The number of nitrogens with one attached hydrogen (secondary N) is 1. The van der Waals surface area contributed by atoms with Gasteiger partial charge in [0.05, 0.1) is 18.0 Å². The minimum absolute atomic E-state index is 0.0574. The van der Waals surface area contributed by atoms with E-state index in [-0.39, 0.29) is 28.0 Å². The molecule has 1 aromatic carbocycles. The third kappa shape index (κ3) is 6.94. The number of benzene rings is 1. The van der Waals surface area contributed by atoms with Crippen LogP contribution >= 0.6 is 11.3 Å². The number of carbonyl (C=O) groups excluding carboxylic acids is 1. The summed E-state index contributed by atoms with van der Waals surface area (Å²) in [5.41, 5.74) is 0. The van der Waals surface area contributed by atoms with E-state index in [0.29, 0.717) is 23.7 Å². The van der Waals surface area contributed by atoms with E-state index in [9.17, 15) is 21.6 Å². The van der Waals surface area contributed by atoms with Crippen molar-refractivity contribution in [3.05, 3.63) is 41.3 Å². The van der Waals surface area contributed by atoms with Crippen LogP contribution in [0.1, 0.15) is 17.7 Å². The van der Waals surface area contributed by atoms with Gasteiger partial charge >= 0.3 is 0 Å². The third-order valence-electron chi connectivity index (χ3n) is 3.45.